The third-order valence-corrected chi connectivity index (χ3v) is 8.35. The summed E-state index contributed by atoms with van der Waals surface area (Å²) < 4.78 is 29.3. The molecule has 26 heavy (non-hydrogen) atoms. The lowest BCUT2D eigenvalue weighted by molar-refractivity contribution is 0.352. The first-order valence-corrected chi connectivity index (χ1v) is 10.6. The van der Waals surface area contributed by atoms with Gasteiger partial charge in [-0.05, 0) is 26.3 Å². The fourth-order valence-corrected chi connectivity index (χ4v) is 5.13. The first kappa shape index (κ1) is 19.0. The van der Waals surface area contributed by atoms with E-state index < -0.39 is 14.6 Å². The minimum Gasteiger partial charge on any atom is -0.496 e. The molecule has 2 unspecified atom stereocenters. The number of nitrogens with one attached hydrogen (secondary N) is 1. The maximum Gasteiger partial charge on any atom is 0.193 e. The predicted molar refractivity (Wildman–Crippen MR) is 105 cm³/mol. The van der Waals surface area contributed by atoms with Crippen LogP contribution < -0.4 is 10.1 Å². The van der Waals surface area contributed by atoms with Crippen LogP contribution in [0.1, 0.15) is 32.8 Å². The van der Waals surface area contributed by atoms with E-state index in [9.17, 15) is 8.42 Å². The summed E-state index contributed by atoms with van der Waals surface area (Å²) in [6.07, 6.45) is 0.988. The Morgan fingerprint density at radius 1 is 1.31 bits per heavy atom. The van der Waals surface area contributed by atoms with E-state index in [2.05, 4.69) is 28.2 Å². The summed E-state index contributed by atoms with van der Waals surface area (Å²) in [6.45, 7) is 6.73. The lowest BCUT2D eigenvalue weighted by Gasteiger charge is -2.39. The number of nitrogens with zero attached hydrogens (tertiary/aromatic N) is 2. The SMILES string of the molecule is CN=C(NC1CC1(C)c1ccccc1OC)N1CCS(=O)(=O)C(C)(C)C1. The third kappa shape index (κ3) is 3.17. The lowest BCUT2D eigenvalue weighted by atomic mass is 9.96. The van der Waals surface area contributed by atoms with Crippen LogP contribution in [0.2, 0.25) is 0 Å². The second-order valence-electron chi connectivity index (χ2n) is 8.07. The Morgan fingerprint density at radius 3 is 2.62 bits per heavy atom. The zero-order chi connectivity index (χ0) is 19.2. The monoisotopic (exact) mass is 379 g/mol. The number of hydrogen-bond donors (Lipinski definition) is 1. The second-order valence-corrected chi connectivity index (χ2v) is 10.8. The van der Waals surface area contributed by atoms with Crippen molar-refractivity contribution in [1.82, 2.24) is 10.2 Å². The van der Waals surface area contributed by atoms with E-state index in [0.717, 1.165) is 18.1 Å². The van der Waals surface area contributed by atoms with Gasteiger partial charge in [-0.2, -0.15) is 0 Å². The molecule has 0 spiro atoms. The average Bonchev–Trinajstić information content (AvgIpc) is 3.26. The van der Waals surface area contributed by atoms with Crippen LogP contribution >= 0.6 is 0 Å². The topological polar surface area (TPSA) is 71.0 Å². The van der Waals surface area contributed by atoms with Crippen LogP contribution in [-0.4, -0.2) is 63.1 Å². The predicted octanol–water partition coefficient (Wildman–Crippen LogP) is 1.81. The number of benzene rings is 1. The number of hydrogen-bond acceptors (Lipinski definition) is 4. The van der Waals surface area contributed by atoms with Gasteiger partial charge < -0.3 is 15.0 Å². The number of ether oxygens (including phenoxy) is 1. The molecule has 1 N–H and O–H groups in total. The minimum absolute atomic E-state index is 0.0140. The van der Waals surface area contributed by atoms with Gasteiger partial charge >= 0.3 is 0 Å². The molecule has 1 aliphatic carbocycles. The fraction of sp³-hybridized carbons (Fsp3) is 0.632. The molecule has 0 amide bonds. The molecule has 2 atom stereocenters. The highest BCUT2D eigenvalue weighted by molar-refractivity contribution is 7.92. The molecule has 1 saturated heterocycles. The van der Waals surface area contributed by atoms with Crippen molar-refractivity contribution in [1.29, 1.82) is 0 Å². The molecule has 144 valence electrons. The number of aliphatic imine (C=N–C) groups is 1. The highest BCUT2D eigenvalue weighted by Crippen LogP contribution is 2.51. The Balaban J connectivity index is 1.73. The van der Waals surface area contributed by atoms with Gasteiger partial charge in [0.05, 0.1) is 17.6 Å². The maximum atomic E-state index is 12.3. The zero-order valence-electron chi connectivity index (χ0n) is 16.2. The van der Waals surface area contributed by atoms with Gasteiger partial charge in [-0.15, -0.1) is 0 Å². The fourth-order valence-electron chi connectivity index (χ4n) is 3.77. The first-order chi connectivity index (χ1) is 12.1. The van der Waals surface area contributed by atoms with Gasteiger partial charge in [0.1, 0.15) is 5.75 Å². The Kier molecular flexibility index (Phi) is 4.71. The van der Waals surface area contributed by atoms with Gasteiger partial charge in [-0.1, -0.05) is 25.1 Å². The standard InChI is InChI=1S/C19H29N3O3S/c1-18(2)13-22(10-11-26(18,23)24)17(20-4)21-16-12-19(16,3)14-8-6-7-9-15(14)25-5/h6-9,16H,10-13H2,1-5H3,(H,20,21). The molecule has 0 radical (unpaired) electrons. The summed E-state index contributed by atoms with van der Waals surface area (Å²) in [5.41, 5.74) is 1.18. The second kappa shape index (κ2) is 6.44. The summed E-state index contributed by atoms with van der Waals surface area (Å²) in [5.74, 6) is 1.84. The molecule has 2 aliphatic rings. The smallest absolute Gasteiger partial charge is 0.193 e. The maximum absolute atomic E-state index is 12.3. The van der Waals surface area contributed by atoms with Gasteiger partial charge in [0.2, 0.25) is 0 Å². The van der Waals surface area contributed by atoms with Crippen molar-refractivity contribution in [2.75, 3.05) is 33.0 Å². The number of sulfone groups is 1. The van der Waals surface area contributed by atoms with Crippen LogP contribution in [0.3, 0.4) is 0 Å². The normalized spacial score (nSPS) is 30.0. The Bertz CT molecular complexity index is 819. The van der Waals surface area contributed by atoms with E-state index in [1.54, 1.807) is 28.0 Å². The van der Waals surface area contributed by atoms with Gasteiger partial charge in [-0.3, -0.25) is 4.99 Å². The van der Waals surface area contributed by atoms with E-state index in [1.165, 1.54) is 5.56 Å². The Hall–Kier alpha value is -1.76. The molecule has 3 rings (SSSR count). The van der Waals surface area contributed by atoms with E-state index in [4.69, 9.17) is 4.74 Å². The molecule has 1 aliphatic heterocycles. The van der Waals surface area contributed by atoms with Crippen molar-refractivity contribution in [2.45, 2.75) is 43.4 Å². The van der Waals surface area contributed by atoms with Crippen molar-refractivity contribution in [3.05, 3.63) is 29.8 Å². The molecule has 1 heterocycles. The lowest BCUT2D eigenvalue weighted by Crippen LogP contribution is -2.57. The molecule has 2 fully saturated rings. The highest BCUT2D eigenvalue weighted by atomic mass is 32.2. The van der Waals surface area contributed by atoms with Crippen LogP contribution in [0.15, 0.2) is 29.3 Å². The molecular formula is C19H29N3O3S. The molecule has 1 aromatic carbocycles. The van der Waals surface area contributed by atoms with Crippen molar-refractivity contribution in [3.63, 3.8) is 0 Å². The summed E-state index contributed by atoms with van der Waals surface area (Å²) in [5, 5.41) is 3.54. The van der Waals surface area contributed by atoms with E-state index >= 15 is 0 Å². The Labute approximate surface area is 156 Å². The number of guanidine groups is 1. The molecule has 7 heteroatoms. The number of methoxy groups -OCH3 is 1. The average molecular weight is 380 g/mol. The van der Waals surface area contributed by atoms with E-state index in [0.29, 0.717) is 13.1 Å². The van der Waals surface area contributed by atoms with Gasteiger partial charge in [-0.25, -0.2) is 8.42 Å². The van der Waals surface area contributed by atoms with Crippen LogP contribution in [0, 0.1) is 0 Å². The van der Waals surface area contributed by atoms with Crippen LogP contribution in [-0.2, 0) is 15.3 Å². The van der Waals surface area contributed by atoms with Crippen LogP contribution in [0.25, 0.3) is 0 Å². The summed E-state index contributed by atoms with van der Waals surface area (Å²) in [6, 6.07) is 8.36. The molecular weight excluding hydrogens is 350 g/mol. The zero-order valence-corrected chi connectivity index (χ0v) is 17.1. The summed E-state index contributed by atoms with van der Waals surface area (Å²) in [7, 11) is 0.384. The van der Waals surface area contributed by atoms with Gasteiger partial charge in [0, 0.05) is 37.2 Å². The quantitative estimate of drug-likeness (QED) is 0.641. The summed E-state index contributed by atoms with van der Waals surface area (Å²) >= 11 is 0. The minimum atomic E-state index is -3.06. The van der Waals surface area contributed by atoms with Crippen molar-refractivity contribution >= 4 is 15.8 Å². The molecule has 0 bridgehead atoms. The van der Waals surface area contributed by atoms with E-state index in [1.807, 2.05) is 18.2 Å². The van der Waals surface area contributed by atoms with Crippen LogP contribution in [0.5, 0.6) is 5.75 Å². The summed E-state index contributed by atoms with van der Waals surface area (Å²) in [4.78, 5) is 6.47. The van der Waals surface area contributed by atoms with Crippen LogP contribution in [0.4, 0.5) is 0 Å². The molecule has 1 saturated carbocycles. The number of rotatable bonds is 3. The first-order valence-electron chi connectivity index (χ1n) is 8.99. The van der Waals surface area contributed by atoms with Crippen molar-refractivity contribution < 1.29 is 13.2 Å². The van der Waals surface area contributed by atoms with E-state index in [-0.39, 0.29) is 17.2 Å². The van der Waals surface area contributed by atoms with Gasteiger partial charge in [0.25, 0.3) is 0 Å². The van der Waals surface area contributed by atoms with Crippen molar-refractivity contribution in [3.8, 4) is 5.75 Å². The molecule has 1 aromatic rings. The number of para-hydroxylation sites is 1. The highest BCUT2D eigenvalue weighted by Gasteiger charge is 2.54. The molecule has 6 nitrogen and oxygen atoms in total. The largest absolute Gasteiger partial charge is 0.496 e. The third-order valence-electron chi connectivity index (χ3n) is 5.82. The van der Waals surface area contributed by atoms with Gasteiger partial charge in [0.15, 0.2) is 15.8 Å². The Morgan fingerprint density at radius 2 is 2.00 bits per heavy atom. The van der Waals surface area contributed by atoms with Crippen molar-refractivity contribution in [2.24, 2.45) is 4.99 Å². The molecule has 0 aromatic heterocycles.